The predicted molar refractivity (Wildman–Crippen MR) is 110 cm³/mol. The zero-order valence-electron chi connectivity index (χ0n) is 16.0. The fraction of sp³-hybridized carbons (Fsp3) is 0.318. The van der Waals surface area contributed by atoms with Gasteiger partial charge in [-0.1, -0.05) is 23.7 Å². The third-order valence-corrected chi connectivity index (χ3v) is 6.00. The van der Waals surface area contributed by atoms with Gasteiger partial charge in [-0.05, 0) is 49.7 Å². The highest BCUT2D eigenvalue weighted by Crippen LogP contribution is 2.28. The van der Waals surface area contributed by atoms with Crippen molar-refractivity contribution in [3.63, 3.8) is 0 Å². The van der Waals surface area contributed by atoms with E-state index in [-0.39, 0.29) is 23.8 Å². The molecule has 1 N–H and O–H groups in total. The molecule has 1 amide bonds. The Balaban J connectivity index is 1.49. The van der Waals surface area contributed by atoms with E-state index in [2.05, 4.69) is 23.7 Å². The summed E-state index contributed by atoms with van der Waals surface area (Å²) in [6.45, 7) is 6.33. The van der Waals surface area contributed by atoms with Gasteiger partial charge in [-0.15, -0.1) is 0 Å². The second-order valence-corrected chi connectivity index (χ2v) is 7.87. The Morgan fingerprint density at radius 3 is 2.68 bits per heavy atom. The molecule has 2 heterocycles. The molecule has 2 aromatic carbocycles. The average Bonchev–Trinajstić information content (AvgIpc) is 3.14. The molecule has 2 atom stereocenters. The van der Waals surface area contributed by atoms with Crippen LogP contribution >= 0.6 is 11.6 Å². The van der Waals surface area contributed by atoms with Crippen molar-refractivity contribution in [2.24, 2.45) is 0 Å². The number of carbonyl (C=O) groups is 1. The number of aromatic amines is 1. The van der Waals surface area contributed by atoms with Crippen LogP contribution in [-0.4, -0.2) is 46.4 Å². The lowest BCUT2D eigenvalue weighted by molar-refractivity contribution is 0.0406. The summed E-state index contributed by atoms with van der Waals surface area (Å²) in [4.78, 5) is 20.5. The molecule has 28 heavy (non-hydrogen) atoms. The van der Waals surface area contributed by atoms with Gasteiger partial charge in [0.05, 0.1) is 10.6 Å². The van der Waals surface area contributed by atoms with Crippen molar-refractivity contribution < 1.29 is 9.18 Å². The lowest BCUT2D eigenvalue weighted by atomic mass is 10.0. The molecule has 0 aliphatic carbocycles. The molecule has 146 valence electrons. The lowest BCUT2D eigenvalue weighted by Gasteiger charge is -2.42. The standard InChI is InChI=1S/C22H23ClFN3O/c1-14-13-26(15(2)16-3-5-18(24)6-4-16)9-10-27(14)22(28)19-11-17-7-8-25-21(17)12-20(19)23/h3-8,11-12,14-15,25H,9-10,13H2,1-2H3/t14-,15?/m1/s1. The topological polar surface area (TPSA) is 39.3 Å². The van der Waals surface area contributed by atoms with Gasteiger partial charge in [-0.2, -0.15) is 0 Å². The van der Waals surface area contributed by atoms with Crippen LogP contribution in [0.25, 0.3) is 10.9 Å². The van der Waals surface area contributed by atoms with E-state index in [0.29, 0.717) is 17.1 Å². The molecule has 1 fully saturated rings. The third-order valence-electron chi connectivity index (χ3n) is 5.69. The Hall–Kier alpha value is -2.37. The van der Waals surface area contributed by atoms with Crippen molar-refractivity contribution in [2.45, 2.75) is 25.9 Å². The molecule has 1 saturated heterocycles. The molecule has 0 saturated carbocycles. The van der Waals surface area contributed by atoms with Gasteiger partial charge in [0.1, 0.15) is 5.82 Å². The Labute approximate surface area is 168 Å². The number of piperazine rings is 1. The monoisotopic (exact) mass is 399 g/mol. The largest absolute Gasteiger partial charge is 0.361 e. The molecular weight excluding hydrogens is 377 g/mol. The highest BCUT2D eigenvalue weighted by Gasteiger charge is 2.31. The van der Waals surface area contributed by atoms with E-state index >= 15 is 0 Å². The van der Waals surface area contributed by atoms with Crippen molar-refractivity contribution in [3.05, 3.63) is 70.6 Å². The number of hydrogen-bond donors (Lipinski definition) is 1. The Bertz CT molecular complexity index is 1000. The summed E-state index contributed by atoms with van der Waals surface area (Å²) in [5, 5.41) is 1.44. The van der Waals surface area contributed by atoms with E-state index < -0.39 is 0 Å². The van der Waals surface area contributed by atoms with Crippen molar-refractivity contribution in [3.8, 4) is 0 Å². The first-order valence-electron chi connectivity index (χ1n) is 9.51. The molecule has 0 radical (unpaired) electrons. The summed E-state index contributed by atoms with van der Waals surface area (Å²) in [6, 6.07) is 12.5. The number of fused-ring (bicyclic) bond motifs is 1. The number of aromatic nitrogens is 1. The van der Waals surface area contributed by atoms with Crippen molar-refractivity contribution >= 4 is 28.4 Å². The fourth-order valence-electron chi connectivity index (χ4n) is 3.98. The van der Waals surface area contributed by atoms with Gasteiger partial charge in [-0.25, -0.2) is 4.39 Å². The molecule has 1 aliphatic heterocycles. The molecular formula is C22H23ClFN3O. The number of benzene rings is 2. The van der Waals surface area contributed by atoms with Crippen LogP contribution in [0.4, 0.5) is 4.39 Å². The van der Waals surface area contributed by atoms with E-state index in [4.69, 9.17) is 11.6 Å². The lowest BCUT2D eigenvalue weighted by Crippen LogP contribution is -2.54. The van der Waals surface area contributed by atoms with E-state index in [1.807, 2.05) is 41.4 Å². The molecule has 4 nitrogen and oxygen atoms in total. The van der Waals surface area contributed by atoms with Gasteiger partial charge in [0, 0.05) is 48.8 Å². The van der Waals surface area contributed by atoms with Crippen LogP contribution in [0.1, 0.15) is 35.8 Å². The van der Waals surface area contributed by atoms with Crippen LogP contribution in [0.3, 0.4) is 0 Å². The molecule has 1 aliphatic rings. The number of nitrogens with zero attached hydrogens (tertiary/aromatic N) is 2. The highest BCUT2D eigenvalue weighted by molar-refractivity contribution is 6.34. The second kappa shape index (κ2) is 7.57. The summed E-state index contributed by atoms with van der Waals surface area (Å²) in [7, 11) is 0. The molecule has 0 spiro atoms. The third kappa shape index (κ3) is 3.52. The zero-order chi connectivity index (χ0) is 19.8. The number of amides is 1. The number of carbonyl (C=O) groups excluding carboxylic acids is 1. The van der Waals surface area contributed by atoms with Crippen LogP contribution in [0, 0.1) is 5.82 Å². The molecule has 3 aromatic rings. The minimum atomic E-state index is -0.226. The molecule has 4 rings (SSSR count). The molecule has 1 aromatic heterocycles. The Morgan fingerprint density at radius 2 is 1.96 bits per heavy atom. The first-order valence-corrected chi connectivity index (χ1v) is 9.89. The van der Waals surface area contributed by atoms with Crippen molar-refractivity contribution in [2.75, 3.05) is 19.6 Å². The minimum Gasteiger partial charge on any atom is -0.361 e. The Kier molecular flexibility index (Phi) is 5.13. The van der Waals surface area contributed by atoms with E-state index in [0.717, 1.165) is 29.6 Å². The predicted octanol–water partition coefficient (Wildman–Crippen LogP) is 4.87. The zero-order valence-corrected chi connectivity index (χ0v) is 16.7. The van der Waals surface area contributed by atoms with Crippen molar-refractivity contribution in [1.29, 1.82) is 0 Å². The Morgan fingerprint density at radius 1 is 1.21 bits per heavy atom. The number of halogens is 2. The van der Waals surface area contributed by atoms with Gasteiger partial charge in [0.25, 0.3) is 5.91 Å². The average molecular weight is 400 g/mol. The SMILES string of the molecule is CC(c1ccc(F)cc1)N1CCN(C(=O)c2cc3cc[nH]c3cc2Cl)[C@H](C)C1. The van der Waals surface area contributed by atoms with Crippen LogP contribution in [0.2, 0.25) is 5.02 Å². The van der Waals surface area contributed by atoms with E-state index in [9.17, 15) is 9.18 Å². The number of rotatable bonds is 3. The normalized spacial score (nSPS) is 19.1. The summed E-state index contributed by atoms with van der Waals surface area (Å²) >= 11 is 6.39. The molecule has 0 bridgehead atoms. The van der Waals surface area contributed by atoms with Gasteiger partial charge < -0.3 is 9.88 Å². The summed E-state index contributed by atoms with van der Waals surface area (Å²) < 4.78 is 13.2. The minimum absolute atomic E-state index is 0.0327. The van der Waals surface area contributed by atoms with Crippen LogP contribution < -0.4 is 0 Å². The van der Waals surface area contributed by atoms with Gasteiger partial charge in [0.2, 0.25) is 0 Å². The number of H-pyrrole nitrogens is 1. The smallest absolute Gasteiger partial charge is 0.255 e. The summed E-state index contributed by atoms with van der Waals surface area (Å²) in [5.41, 5.74) is 2.54. The van der Waals surface area contributed by atoms with Gasteiger partial charge in [0.15, 0.2) is 0 Å². The maximum absolute atomic E-state index is 13.2. The summed E-state index contributed by atoms with van der Waals surface area (Å²) in [5.74, 6) is -0.259. The maximum Gasteiger partial charge on any atom is 0.255 e. The maximum atomic E-state index is 13.2. The number of nitrogens with one attached hydrogen (secondary N) is 1. The second-order valence-electron chi connectivity index (χ2n) is 7.47. The summed E-state index contributed by atoms with van der Waals surface area (Å²) in [6.07, 6.45) is 1.84. The van der Waals surface area contributed by atoms with Crippen LogP contribution in [-0.2, 0) is 0 Å². The van der Waals surface area contributed by atoms with Crippen molar-refractivity contribution in [1.82, 2.24) is 14.8 Å². The van der Waals surface area contributed by atoms with Gasteiger partial charge in [-0.3, -0.25) is 9.69 Å². The van der Waals surface area contributed by atoms with Gasteiger partial charge >= 0.3 is 0 Å². The first kappa shape index (κ1) is 19.0. The molecule has 6 heteroatoms. The quantitative estimate of drug-likeness (QED) is 0.682. The van der Waals surface area contributed by atoms with E-state index in [1.54, 1.807) is 0 Å². The van der Waals surface area contributed by atoms with Crippen LogP contribution in [0.15, 0.2) is 48.7 Å². The van der Waals surface area contributed by atoms with E-state index in [1.165, 1.54) is 12.1 Å². The first-order chi connectivity index (χ1) is 13.4. The number of hydrogen-bond acceptors (Lipinski definition) is 2. The highest BCUT2D eigenvalue weighted by atomic mass is 35.5. The molecule has 1 unspecified atom stereocenters. The fourth-order valence-corrected chi connectivity index (χ4v) is 4.23. The van der Waals surface area contributed by atoms with Crippen LogP contribution in [0.5, 0.6) is 0 Å².